The van der Waals surface area contributed by atoms with Gasteiger partial charge in [0.2, 0.25) is 5.91 Å². The Hall–Kier alpha value is -0.660. The molecule has 0 radical (unpaired) electrons. The van der Waals surface area contributed by atoms with E-state index >= 15 is 0 Å². The number of likely N-dealkylation sites (N-methyl/N-ethyl adjacent to an activating group) is 1. The molecule has 0 aromatic rings. The molecule has 0 aromatic carbocycles. The summed E-state index contributed by atoms with van der Waals surface area (Å²) in [5.41, 5.74) is 0. The number of nitrogens with zero attached hydrogens (tertiary/aromatic N) is 2. The Morgan fingerprint density at radius 3 is 2.76 bits per heavy atom. The fourth-order valence-corrected chi connectivity index (χ4v) is 4.49. The van der Waals surface area contributed by atoms with E-state index in [2.05, 4.69) is 5.32 Å². The van der Waals surface area contributed by atoms with Crippen LogP contribution in [0.15, 0.2) is 0 Å². The molecule has 2 atom stereocenters. The van der Waals surface area contributed by atoms with Gasteiger partial charge in [-0.3, -0.25) is 4.79 Å². The molecular formula is C10H19N3O3S. The third kappa shape index (κ3) is 2.78. The standard InChI is InChI=1S/C10H19N3O3S/c1-12(2)5-10(14)13-4-3-11-8-6-17(15,16)7-9(8)13/h8-9,11H,3-7H2,1-2H3/t8-,9-/m0/s1. The number of sulfone groups is 1. The average molecular weight is 261 g/mol. The molecular weight excluding hydrogens is 242 g/mol. The molecule has 2 saturated heterocycles. The molecule has 98 valence electrons. The van der Waals surface area contributed by atoms with Gasteiger partial charge in [0.25, 0.3) is 0 Å². The van der Waals surface area contributed by atoms with Gasteiger partial charge in [0.1, 0.15) is 0 Å². The van der Waals surface area contributed by atoms with Crippen molar-refractivity contribution in [3.8, 4) is 0 Å². The summed E-state index contributed by atoms with van der Waals surface area (Å²) in [6, 6.07) is -0.263. The van der Waals surface area contributed by atoms with Crippen LogP contribution in [0.1, 0.15) is 0 Å². The number of hydrogen-bond donors (Lipinski definition) is 1. The minimum absolute atomic E-state index is 0.0172. The van der Waals surface area contributed by atoms with Gasteiger partial charge < -0.3 is 15.1 Å². The van der Waals surface area contributed by atoms with E-state index in [-0.39, 0.29) is 29.5 Å². The second kappa shape index (κ2) is 4.55. The van der Waals surface area contributed by atoms with Crippen molar-refractivity contribution in [2.75, 3.05) is 45.2 Å². The highest BCUT2D eigenvalue weighted by atomic mass is 32.2. The van der Waals surface area contributed by atoms with Gasteiger partial charge >= 0.3 is 0 Å². The number of rotatable bonds is 2. The summed E-state index contributed by atoms with van der Waals surface area (Å²) in [6.07, 6.45) is 0. The van der Waals surface area contributed by atoms with Gasteiger partial charge in [-0.1, -0.05) is 0 Å². The predicted octanol–water partition coefficient (Wildman–Crippen LogP) is -1.85. The van der Waals surface area contributed by atoms with Gasteiger partial charge in [0.05, 0.1) is 24.1 Å². The third-order valence-electron chi connectivity index (χ3n) is 3.25. The van der Waals surface area contributed by atoms with Gasteiger partial charge in [0, 0.05) is 19.1 Å². The minimum Gasteiger partial charge on any atom is -0.335 e. The monoisotopic (exact) mass is 261 g/mol. The Morgan fingerprint density at radius 1 is 1.41 bits per heavy atom. The molecule has 7 heteroatoms. The van der Waals surface area contributed by atoms with Crippen molar-refractivity contribution in [2.45, 2.75) is 12.1 Å². The molecule has 17 heavy (non-hydrogen) atoms. The molecule has 0 aliphatic carbocycles. The highest BCUT2D eigenvalue weighted by Crippen LogP contribution is 2.21. The van der Waals surface area contributed by atoms with Crippen LogP contribution in [-0.4, -0.2) is 81.4 Å². The fourth-order valence-electron chi connectivity index (χ4n) is 2.54. The van der Waals surface area contributed by atoms with Gasteiger partial charge in [-0.25, -0.2) is 8.42 Å². The lowest BCUT2D eigenvalue weighted by molar-refractivity contribution is -0.135. The van der Waals surface area contributed by atoms with Crippen molar-refractivity contribution < 1.29 is 13.2 Å². The van der Waals surface area contributed by atoms with E-state index < -0.39 is 9.84 Å². The summed E-state index contributed by atoms with van der Waals surface area (Å²) in [7, 11) is 0.679. The second-order valence-corrected chi connectivity index (χ2v) is 7.18. The second-order valence-electron chi connectivity index (χ2n) is 5.03. The number of carbonyl (C=O) groups is 1. The van der Waals surface area contributed by atoms with Crippen LogP contribution in [0.2, 0.25) is 0 Å². The number of amides is 1. The zero-order valence-electron chi connectivity index (χ0n) is 10.2. The quantitative estimate of drug-likeness (QED) is 0.632. The largest absolute Gasteiger partial charge is 0.335 e. The first-order valence-corrected chi connectivity index (χ1v) is 7.59. The number of carbonyl (C=O) groups excluding carboxylic acids is 1. The summed E-state index contributed by atoms with van der Waals surface area (Å²) in [4.78, 5) is 15.6. The summed E-state index contributed by atoms with van der Waals surface area (Å²) in [5.74, 6) is 0.274. The molecule has 0 unspecified atom stereocenters. The van der Waals surface area contributed by atoms with E-state index in [0.717, 1.165) is 0 Å². The van der Waals surface area contributed by atoms with Crippen LogP contribution in [0.4, 0.5) is 0 Å². The Kier molecular flexibility index (Phi) is 3.42. The topological polar surface area (TPSA) is 69.7 Å². The van der Waals surface area contributed by atoms with Crippen LogP contribution in [-0.2, 0) is 14.6 Å². The molecule has 2 aliphatic heterocycles. The normalized spacial score (nSPS) is 31.6. The van der Waals surface area contributed by atoms with Crippen molar-refractivity contribution in [3.63, 3.8) is 0 Å². The summed E-state index contributed by atoms with van der Waals surface area (Å²) in [6.45, 7) is 1.61. The van der Waals surface area contributed by atoms with Crippen LogP contribution in [0.25, 0.3) is 0 Å². The molecule has 2 aliphatic rings. The Labute approximate surface area is 102 Å². The molecule has 0 saturated carbocycles. The number of piperazine rings is 1. The lowest BCUT2D eigenvalue weighted by Crippen LogP contribution is -2.60. The highest BCUT2D eigenvalue weighted by Gasteiger charge is 2.44. The Bertz CT molecular complexity index is 407. The molecule has 1 N–H and O–H groups in total. The predicted molar refractivity (Wildman–Crippen MR) is 64.5 cm³/mol. The molecule has 0 aromatic heterocycles. The molecule has 2 fully saturated rings. The maximum absolute atomic E-state index is 12.0. The summed E-state index contributed by atoms with van der Waals surface area (Å²) in [5, 5.41) is 3.19. The van der Waals surface area contributed by atoms with Gasteiger partial charge in [-0.15, -0.1) is 0 Å². The van der Waals surface area contributed by atoms with E-state index in [1.165, 1.54) is 0 Å². The van der Waals surface area contributed by atoms with Gasteiger partial charge in [0.15, 0.2) is 9.84 Å². The van der Waals surface area contributed by atoms with Crippen LogP contribution in [0.5, 0.6) is 0 Å². The smallest absolute Gasteiger partial charge is 0.237 e. The number of hydrogen-bond acceptors (Lipinski definition) is 5. The number of nitrogens with one attached hydrogen (secondary N) is 1. The zero-order valence-corrected chi connectivity index (χ0v) is 11.0. The van der Waals surface area contributed by atoms with Gasteiger partial charge in [-0.2, -0.15) is 0 Å². The molecule has 0 bridgehead atoms. The molecule has 2 rings (SSSR count). The van der Waals surface area contributed by atoms with Crippen molar-refractivity contribution in [1.29, 1.82) is 0 Å². The van der Waals surface area contributed by atoms with Gasteiger partial charge in [-0.05, 0) is 14.1 Å². The van der Waals surface area contributed by atoms with Crippen molar-refractivity contribution in [3.05, 3.63) is 0 Å². The van der Waals surface area contributed by atoms with Crippen molar-refractivity contribution >= 4 is 15.7 Å². The first-order chi connectivity index (χ1) is 7.89. The first-order valence-electron chi connectivity index (χ1n) is 5.77. The maximum Gasteiger partial charge on any atom is 0.237 e. The molecule has 1 amide bonds. The SMILES string of the molecule is CN(C)CC(=O)N1CCN[C@H]2CS(=O)(=O)C[C@@H]21. The molecule has 0 spiro atoms. The lowest BCUT2D eigenvalue weighted by atomic mass is 10.1. The molecule has 2 heterocycles. The lowest BCUT2D eigenvalue weighted by Gasteiger charge is -2.37. The average Bonchev–Trinajstić information content (AvgIpc) is 2.49. The molecule has 6 nitrogen and oxygen atoms in total. The maximum atomic E-state index is 12.0. The van der Waals surface area contributed by atoms with Crippen LogP contribution >= 0.6 is 0 Å². The van der Waals surface area contributed by atoms with E-state index in [9.17, 15) is 13.2 Å². The van der Waals surface area contributed by atoms with Crippen molar-refractivity contribution in [2.24, 2.45) is 0 Å². The van der Waals surface area contributed by atoms with Crippen molar-refractivity contribution in [1.82, 2.24) is 15.1 Å². The highest BCUT2D eigenvalue weighted by molar-refractivity contribution is 7.91. The summed E-state index contributed by atoms with van der Waals surface area (Å²) < 4.78 is 23.2. The Morgan fingerprint density at radius 2 is 2.12 bits per heavy atom. The van der Waals surface area contributed by atoms with E-state index in [1.54, 1.807) is 4.90 Å². The van der Waals surface area contributed by atoms with E-state index in [4.69, 9.17) is 0 Å². The zero-order chi connectivity index (χ0) is 12.6. The van der Waals surface area contributed by atoms with Crippen LogP contribution in [0, 0.1) is 0 Å². The van der Waals surface area contributed by atoms with Crippen LogP contribution < -0.4 is 5.32 Å². The van der Waals surface area contributed by atoms with E-state index in [1.807, 2.05) is 19.0 Å². The third-order valence-corrected chi connectivity index (χ3v) is 4.97. The van der Waals surface area contributed by atoms with Crippen LogP contribution in [0.3, 0.4) is 0 Å². The fraction of sp³-hybridized carbons (Fsp3) is 0.900. The van der Waals surface area contributed by atoms with E-state index in [0.29, 0.717) is 19.6 Å². The summed E-state index contributed by atoms with van der Waals surface area (Å²) >= 11 is 0. The first kappa shape index (κ1) is 12.8. The Balaban J connectivity index is 2.10. The minimum atomic E-state index is -2.99. The number of fused-ring (bicyclic) bond motifs is 1.